The lowest BCUT2D eigenvalue weighted by Crippen LogP contribution is -2.21. The summed E-state index contributed by atoms with van der Waals surface area (Å²) >= 11 is 8.13. The van der Waals surface area contributed by atoms with Crippen LogP contribution in [0.1, 0.15) is 30.1 Å². The van der Waals surface area contributed by atoms with Crippen LogP contribution in [0.4, 0.5) is 4.39 Å². The fraction of sp³-hybridized carbons (Fsp3) is 0.375. The van der Waals surface area contributed by atoms with Crippen LogP contribution in [-0.2, 0) is 11.3 Å². The van der Waals surface area contributed by atoms with E-state index in [1.54, 1.807) is 11.5 Å². The third-order valence-electron chi connectivity index (χ3n) is 3.40. The Kier molecular flexibility index (Phi) is 6.41. The monoisotopic (exact) mass is 451 g/mol. The molecule has 1 aromatic carbocycles. The van der Waals surface area contributed by atoms with Crippen LogP contribution in [0.5, 0.6) is 0 Å². The van der Waals surface area contributed by atoms with Crippen molar-refractivity contribution in [3.8, 4) is 0 Å². The number of fused-ring (bicyclic) bond motifs is 1. The second kappa shape index (κ2) is 8.10. The molecule has 0 aliphatic rings. The first-order valence-electron chi connectivity index (χ1n) is 7.24. The minimum absolute atomic E-state index is 0.0524. The van der Waals surface area contributed by atoms with Crippen molar-refractivity contribution in [2.24, 2.45) is 0 Å². The molecule has 23 heavy (non-hydrogen) atoms. The van der Waals surface area contributed by atoms with Crippen LogP contribution >= 0.6 is 34.2 Å². The number of hydrogen-bond acceptors (Lipinski definition) is 3. The predicted octanol–water partition coefficient (Wildman–Crippen LogP) is 4.19. The van der Waals surface area contributed by atoms with Gasteiger partial charge in [0.2, 0.25) is 5.43 Å². The summed E-state index contributed by atoms with van der Waals surface area (Å²) in [6.45, 7) is 2.44. The average Bonchev–Trinajstić information content (AvgIpc) is 2.52. The first-order chi connectivity index (χ1) is 11.0. The molecule has 124 valence electrons. The molecule has 4 nitrogen and oxygen atoms in total. The molecular formula is C16H16ClFINO3. The summed E-state index contributed by atoms with van der Waals surface area (Å²) in [6.07, 6.45) is 3.35. The van der Waals surface area contributed by atoms with Gasteiger partial charge in [0.25, 0.3) is 0 Å². The van der Waals surface area contributed by atoms with Crippen molar-refractivity contribution < 1.29 is 13.9 Å². The second-order valence-electron chi connectivity index (χ2n) is 4.97. The lowest BCUT2D eigenvalue weighted by Gasteiger charge is -2.13. The van der Waals surface area contributed by atoms with Gasteiger partial charge in [-0.25, -0.2) is 9.18 Å². The number of aryl methyl sites for hydroxylation is 1. The number of hydrogen-bond donors (Lipinski definition) is 0. The first-order valence-corrected chi connectivity index (χ1v) is 9.15. The minimum atomic E-state index is -0.697. The number of ether oxygens (including phenoxy) is 1. The van der Waals surface area contributed by atoms with Crippen LogP contribution < -0.4 is 5.43 Å². The molecule has 1 aromatic heterocycles. The minimum Gasteiger partial charge on any atom is -0.462 e. The van der Waals surface area contributed by atoms with Crippen molar-refractivity contribution >= 4 is 51.1 Å². The summed E-state index contributed by atoms with van der Waals surface area (Å²) in [5.74, 6) is -1.38. The summed E-state index contributed by atoms with van der Waals surface area (Å²) in [5.41, 5.74) is -0.113. The standard InChI is InChI=1S/C16H16ClFINO3/c1-2-23-16(22)11-9-20(6-4-3-5-19)14-8-12(17)13(18)7-10(14)15(11)21/h7-9H,2-6H2,1H3. The molecule has 0 fully saturated rings. The highest BCUT2D eigenvalue weighted by molar-refractivity contribution is 14.1. The van der Waals surface area contributed by atoms with Gasteiger partial charge in [-0.3, -0.25) is 4.79 Å². The summed E-state index contributed by atoms with van der Waals surface area (Å²) in [6, 6.07) is 2.50. The number of nitrogens with zero attached hydrogens (tertiary/aromatic N) is 1. The Morgan fingerprint density at radius 3 is 2.78 bits per heavy atom. The van der Waals surface area contributed by atoms with Gasteiger partial charge >= 0.3 is 5.97 Å². The first kappa shape index (κ1) is 18.2. The molecular weight excluding hydrogens is 436 g/mol. The van der Waals surface area contributed by atoms with Gasteiger partial charge in [-0.2, -0.15) is 0 Å². The van der Waals surface area contributed by atoms with Gasteiger partial charge in [-0.05, 0) is 36.3 Å². The molecule has 0 spiro atoms. The van der Waals surface area contributed by atoms with Crippen molar-refractivity contribution in [3.63, 3.8) is 0 Å². The fourth-order valence-corrected chi connectivity index (χ4v) is 3.00. The highest BCUT2D eigenvalue weighted by atomic mass is 127. The van der Waals surface area contributed by atoms with E-state index in [1.165, 1.54) is 12.3 Å². The maximum Gasteiger partial charge on any atom is 0.343 e. The average molecular weight is 452 g/mol. The third kappa shape index (κ3) is 4.03. The van der Waals surface area contributed by atoms with Gasteiger partial charge in [0.1, 0.15) is 11.4 Å². The van der Waals surface area contributed by atoms with E-state index in [4.69, 9.17) is 16.3 Å². The van der Waals surface area contributed by atoms with Gasteiger partial charge in [0.15, 0.2) is 0 Å². The molecule has 0 amide bonds. The number of carbonyl (C=O) groups is 1. The lowest BCUT2D eigenvalue weighted by molar-refractivity contribution is 0.0524. The number of unbranched alkanes of at least 4 members (excludes halogenated alkanes) is 1. The Hall–Kier alpha value is -1.15. The van der Waals surface area contributed by atoms with Gasteiger partial charge in [-0.15, -0.1) is 0 Å². The van der Waals surface area contributed by atoms with Crippen molar-refractivity contribution in [2.75, 3.05) is 11.0 Å². The summed E-state index contributed by atoms with van der Waals surface area (Å²) in [4.78, 5) is 24.5. The normalized spacial score (nSPS) is 11.0. The molecule has 0 aliphatic heterocycles. The number of rotatable bonds is 6. The lowest BCUT2D eigenvalue weighted by atomic mass is 10.1. The van der Waals surface area contributed by atoms with Gasteiger partial charge < -0.3 is 9.30 Å². The van der Waals surface area contributed by atoms with Crippen LogP contribution in [0, 0.1) is 5.82 Å². The summed E-state index contributed by atoms with van der Waals surface area (Å²) in [5, 5.41) is 0.0790. The summed E-state index contributed by atoms with van der Waals surface area (Å²) < 4.78 is 21.4. The molecule has 0 aliphatic carbocycles. The van der Waals surface area contributed by atoms with E-state index in [1.807, 2.05) is 0 Å². The molecule has 7 heteroatoms. The zero-order valence-corrected chi connectivity index (χ0v) is 15.5. The number of alkyl halides is 1. The molecule has 0 bridgehead atoms. The molecule has 0 radical (unpaired) electrons. The van der Waals surface area contributed by atoms with Gasteiger partial charge in [-0.1, -0.05) is 34.2 Å². The molecule has 0 saturated heterocycles. The van der Waals surface area contributed by atoms with Crippen molar-refractivity contribution in [2.45, 2.75) is 26.3 Å². The van der Waals surface area contributed by atoms with Crippen LogP contribution in [0.2, 0.25) is 5.02 Å². The van der Waals surface area contributed by atoms with Crippen LogP contribution in [0.15, 0.2) is 23.1 Å². The maximum atomic E-state index is 13.8. The third-order valence-corrected chi connectivity index (χ3v) is 4.45. The van der Waals surface area contributed by atoms with E-state index in [0.717, 1.165) is 23.3 Å². The van der Waals surface area contributed by atoms with E-state index in [2.05, 4.69) is 22.6 Å². The second-order valence-corrected chi connectivity index (χ2v) is 6.45. The maximum absolute atomic E-state index is 13.8. The number of pyridine rings is 1. The zero-order valence-electron chi connectivity index (χ0n) is 12.6. The number of esters is 1. The topological polar surface area (TPSA) is 48.3 Å². The molecule has 2 rings (SSSR count). The highest BCUT2D eigenvalue weighted by Crippen LogP contribution is 2.22. The molecule has 2 aromatic rings. The molecule has 0 saturated carbocycles. The van der Waals surface area contributed by atoms with Crippen LogP contribution in [0.3, 0.4) is 0 Å². The number of benzene rings is 1. The Morgan fingerprint density at radius 1 is 1.39 bits per heavy atom. The largest absolute Gasteiger partial charge is 0.462 e. The van der Waals surface area contributed by atoms with Crippen molar-refractivity contribution in [3.05, 3.63) is 45.0 Å². The van der Waals surface area contributed by atoms with E-state index in [0.29, 0.717) is 12.1 Å². The Bertz CT molecular complexity index is 791. The quantitative estimate of drug-likeness (QED) is 0.286. The molecule has 1 heterocycles. The van der Waals surface area contributed by atoms with E-state index in [9.17, 15) is 14.0 Å². The number of carbonyl (C=O) groups excluding carboxylic acids is 1. The number of halogens is 3. The molecule has 0 atom stereocenters. The Labute approximate surface area is 151 Å². The molecule has 0 unspecified atom stereocenters. The van der Waals surface area contributed by atoms with Crippen LogP contribution in [0.25, 0.3) is 10.9 Å². The van der Waals surface area contributed by atoms with Crippen LogP contribution in [-0.4, -0.2) is 21.6 Å². The summed E-state index contributed by atoms with van der Waals surface area (Å²) in [7, 11) is 0. The van der Waals surface area contributed by atoms with Crippen molar-refractivity contribution in [1.82, 2.24) is 4.57 Å². The van der Waals surface area contributed by atoms with E-state index < -0.39 is 17.2 Å². The Morgan fingerprint density at radius 2 is 2.13 bits per heavy atom. The SMILES string of the molecule is CCOC(=O)c1cn(CCCCI)c2cc(Cl)c(F)cc2c1=O. The van der Waals surface area contributed by atoms with Gasteiger partial charge in [0, 0.05) is 18.1 Å². The number of aromatic nitrogens is 1. The Balaban J connectivity index is 2.65. The van der Waals surface area contributed by atoms with Crippen molar-refractivity contribution in [1.29, 1.82) is 0 Å². The zero-order chi connectivity index (χ0) is 17.0. The fourth-order valence-electron chi connectivity index (χ4n) is 2.30. The van der Waals surface area contributed by atoms with E-state index in [-0.39, 0.29) is 22.6 Å². The predicted molar refractivity (Wildman–Crippen MR) is 97.3 cm³/mol. The smallest absolute Gasteiger partial charge is 0.343 e. The van der Waals surface area contributed by atoms with Gasteiger partial charge in [0.05, 0.1) is 17.1 Å². The molecule has 0 N–H and O–H groups in total. The highest BCUT2D eigenvalue weighted by Gasteiger charge is 2.18. The van der Waals surface area contributed by atoms with E-state index >= 15 is 0 Å².